The van der Waals surface area contributed by atoms with Gasteiger partial charge in [0.2, 0.25) is 0 Å². The van der Waals surface area contributed by atoms with Gasteiger partial charge in [0.05, 0.1) is 26.2 Å². The average Bonchev–Trinajstić information content (AvgIpc) is 3.12. The number of carbonyl (C=O) groups excluding carboxylic acids is 1. The van der Waals surface area contributed by atoms with Gasteiger partial charge in [-0.1, -0.05) is 54.6 Å². The second-order valence-electron chi connectivity index (χ2n) is 8.69. The molecule has 0 bridgehead atoms. The van der Waals surface area contributed by atoms with Crippen LogP contribution in [0, 0.1) is 11.6 Å². The van der Waals surface area contributed by atoms with Gasteiger partial charge < -0.3 is 38.5 Å². The lowest BCUT2D eigenvalue weighted by atomic mass is 10.0. The number of likely N-dealkylation sites (tertiary alicyclic amines) is 1. The molecule has 3 aromatic carbocycles. The largest absolute Gasteiger partial charge is 1.00 e. The Labute approximate surface area is 210 Å². The zero-order valence-electron chi connectivity index (χ0n) is 18.4. The van der Waals surface area contributed by atoms with E-state index in [9.17, 15) is 13.6 Å². The minimum absolute atomic E-state index is 0. The van der Waals surface area contributed by atoms with Gasteiger partial charge in [-0.2, -0.15) is 0 Å². The molecule has 33 heavy (non-hydrogen) atoms. The number of nitrogens with one attached hydrogen (secondary N) is 1. The van der Waals surface area contributed by atoms with E-state index in [2.05, 4.69) is 24.5 Å². The van der Waals surface area contributed by atoms with Crippen molar-refractivity contribution in [2.75, 3.05) is 20.1 Å². The molecule has 7 heteroatoms. The number of quaternary nitrogens is 1. The maximum absolute atomic E-state index is 13.8. The highest BCUT2D eigenvalue weighted by Gasteiger charge is 2.36. The fourth-order valence-electron chi connectivity index (χ4n) is 4.44. The third kappa shape index (κ3) is 6.74. The Kier molecular flexibility index (Phi) is 8.42. The SMILES string of the molecule is C[N+]1(Cc2ccccc2)CC[C@@H](NC(=O)OC(c2cccc(F)c2)c2cccc(F)c2)C1.[I-]. The molecular formula is C26H27F2IN2O2. The van der Waals surface area contributed by atoms with E-state index in [1.54, 1.807) is 24.3 Å². The predicted octanol–water partition coefficient (Wildman–Crippen LogP) is 2.20. The number of halogens is 3. The van der Waals surface area contributed by atoms with Gasteiger partial charge in [-0.15, -0.1) is 0 Å². The third-order valence-electron chi connectivity index (χ3n) is 5.94. The fraction of sp³-hybridized carbons (Fsp3) is 0.269. The van der Waals surface area contributed by atoms with Crippen LogP contribution in [-0.4, -0.2) is 36.8 Å². The Morgan fingerprint density at radius 1 is 1.00 bits per heavy atom. The Morgan fingerprint density at radius 2 is 1.61 bits per heavy atom. The molecule has 0 aromatic heterocycles. The van der Waals surface area contributed by atoms with Crippen LogP contribution in [0.2, 0.25) is 0 Å². The van der Waals surface area contributed by atoms with Crippen molar-refractivity contribution in [3.8, 4) is 0 Å². The van der Waals surface area contributed by atoms with Crippen LogP contribution in [-0.2, 0) is 11.3 Å². The first-order valence-corrected chi connectivity index (χ1v) is 10.8. The van der Waals surface area contributed by atoms with E-state index < -0.39 is 23.8 Å². The van der Waals surface area contributed by atoms with E-state index >= 15 is 0 Å². The molecule has 1 aliphatic heterocycles. The van der Waals surface area contributed by atoms with Crippen molar-refractivity contribution in [1.82, 2.24) is 5.32 Å². The fourth-order valence-corrected chi connectivity index (χ4v) is 4.44. The molecule has 0 saturated carbocycles. The lowest BCUT2D eigenvalue weighted by molar-refractivity contribution is -0.911. The Balaban J connectivity index is 0.00000306. The highest BCUT2D eigenvalue weighted by Crippen LogP contribution is 2.28. The molecule has 0 radical (unpaired) electrons. The summed E-state index contributed by atoms with van der Waals surface area (Å²) < 4.78 is 34.2. The molecule has 2 atom stereocenters. The molecule has 1 heterocycles. The average molecular weight is 564 g/mol. The third-order valence-corrected chi connectivity index (χ3v) is 5.94. The van der Waals surface area contributed by atoms with Gasteiger partial charge in [-0.25, -0.2) is 13.6 Å². The topological polar surface area (TPSA) is 38.3 Å². The quantitative estimate of drug-likeness (QED) is 0.369. The van der Waals surface area contributed by atoms with Crippen molar-refractivity contribution in [3.05, 3.63) is 107 Å². The van der Waals surface area contributed by atoms with Crippen LogP contribution in [0.5, 0.6) is 0 Å². The summed E-state index contributed by atoms with van der Waals surface area (Å²) in [4.78, 5) is 12.8. The molecule has 4 nitrogen and oxygen atoms in total. The van der Waals surface area contributed by atoms with Gasteiger partial charge in [0.15, 0.2) is 6.10 Å². The summed E-state index contributed by atoms with van der Waals surface area (Å²) >= 11 is 0. The highest BCUT2D eigenvalue weighted by molar-refractivity contribution is 5.68. The molecule has 0 aliphatic carbocycles. The second kappa shape index (κ2) is 11.1. The van der Waals surface area contributed by atoms with Gasteiger partial charge >= 0.3 is 6.09 Å². The van der Waals surface area contributed by atoms with E-state index in [1.165, 1.54) is 29.8 Å². The van der Waals surface area contributed by atoms with Crippen molar-refractivity contribution < 1.29 is 46.8 Å². The van der Waals surface area contributed by atoms with Crippen LogP contribution in [0.15, 0.2) is 78.9 Å². The number of hydrogen-bond donors (Lipinski definition) is 1. The Hall–Kier alpha value is -2.52. The minimum Gasteiger partial charge on any atom is -1.00 e. The normalized spacial score (nSPS) is 19.7. The molecule has 4 rings (SSSR count). The minimum atomic E-state index is -0.909. The maximum atomic E-state index is 13.8. The lowest BCUT2D eigenvalue weighted by Crippen LogP contribution is -3.00. The Bertz CT molecular complexity index is 1040. The van der Waals surface area contributed by atoms with Gasteiger partial charge in [0, 0.05) is 12.0 Å². The monoisotopic (exact) mass is 564 g/mol. The number of ether oxygens (including phenoxy) is 1. The smallest absolute Gasteiger partial charge is 0.408 e. The van der Waals surface area contributed by atoms with Gasteiger partial charge in [0.25, 0.3) is 0 Å². The molecule has 0 spiro atoms. The molecular weight excluding hydrogens is 537 g/mol. The van der Waals surface area contributed by atoms with Crippen LogP contribution >= 0.6 is 0 Å². The van der Waals surface area contributed by atoms with Gasteiger partial charge in [0.1, 0.15) is 18.2 Å². The summed E-state index contributed by atoms with van der Waals surface area (Å²) in [6.07, 6.45) is -0.669. The predicted molar refractivity (Wildman–Crippen MR) is 119 cm³/mol. The maximum Gasteiger partial charge on any atom is 0.408 e. The first kappa shape index (κ1) is 25.1. The van der Waals surface area contributed by atoms with Gasteiger partial charge in [-0.05, 0) is 35.4 Å². The summed E-state index contributed by atoms with van der Waals surface area (Å²) in [6, 6.07) is 21.9. The summed E-state index contributed by atoms with van der Waals surface area (Å²) in [5, 5.41) is 2.95. The van der Waals surface area contributed by atoms with Crippen molar-refractivity contribution in [1.29, 1.82) is 0 Å². The van der Waals surface area contributed by atoms with E-state index in [4.69, 9.17) is 4.74 Å². The molecule has 174 valence electrons. The van der Waals surface area contributed by atoms with Crippen molar-refractivity contribution >= 4 is 6.09 Å². The number of alkyl carbamates (subject to hydrolysis) is 1. The highest BCUT2D eigenvalue weighted by atomic mass is 127. The molecule has 3 aromatic rings. The first-order valence-electron chi connectivity index (χ1n) is 10.8. The van der Waals surface area contributed by atoms with Crippen molar-refractivity contribution in [2.24, 2.45) is 0 Å². The number of hydrogen-bond acceptors (Lipinski definition) is 2. The lowest BCUT2D eigenvalue weighted by Gasteiger charge is -2.30. The first-order chi connectivity index (χ1) is 15.4. The van der Waals surface area contributed by atoms with Gasteiger partial charge in [-0.3, -0.25) is 0 Å². The number of amides is 1. The number of benzene rings is 3. The number of rotatable bonds is 6. The summed E-state index contributed by atoms with van der Waals surface area (Å²) in [7, 11) is 2.18. The Morgan fingerprint density at radius 3 is 2.18 bits per heavy atom. The van der Waals surface area contributed by atoms with Crippen LogP contribution in [0.4, 0.5) is 13.6 Å². The summed E-state index contributed by atoms with van der Waals surface area (Å²) in [5.41, 5.74) is 2.15. The zero-order valence-corrected chi connectivity index (χ0v) is 20.5. The number of carbonyl (C=O) groups is 1. The van der Waals surface area contributed by atoms with E-state index in [0.717, 1.165) is 30.5 Å². The zero-order chi connectivity index (χ0) is 22.6. The molecule has 1 amide bonds. The summed E-state index contributed by atoms with van der Waals surface area (Å²) in [6.45, 7) is 2.62. The van der Waals surface area contributed by atoms with E-state index in [0.29, 0.717) is 11.1 Å². The van der Waals surface area contributed by atoms with Crippen LogP contribution in [0.3, 0.4) is 0 Å². The van der Waals surface area contributed by atoms with Crippen LogP contribution in [0.25, 0.3) is 0 Å². The molecule has 1 saturated heterocycles. The van der Waals surface area contributed by atoms with Crippen molar-refractivity contribution in [3.63, 3.8) is 0 Å². The molecule has 1 N–H and O–H groups in total. The number of likely N-dealkylation sites (N-methyl/N-ethyl adjacent to an activating group) is 1. The molecule has 1 fully saturated rings. The second-order valence-corrected chi connectivity index (χ2v) is 8.69. The van der Waals surface area contributed by atoms with Crippen LogP contribution in [0.1, 0.15) is 29.2 Å². The van der Waals surface area contributed by atoms with Crippen molar-refractivity contribution in [2.45, 2.75) is 25.1 Å². The summed E-state index contributed by atoms with van der Waals surface area (Å²) in [5.74, 6) is -0.893. The number of nitrogens with zero attached hydrogens (tertiary/aromatic N) is 1. The van der Waals surface area contributed by atoms with E-state index in [-0.39, 0.29) is 30.0 Å². The molecule has 1 unspecified atom stereocenters. The molecule has 1 aliphatic rings. The van der Waals surface area contributed by atoms with E-state index in [1.807, 2.05) is 18.2 Å². The standard InChI is InChI=1S/C26H26F2N2O2.HI/c1-30(17-19-7-3-2-4-8-19)14-13-24(18-30)29-26(31)32-25(20-9-5-11-22(27)15-20)21-10-6-12-23(28)16-21;/h2-12,15-16,24-25H,13-14,17-18H2,1H3;1H/t24-,30?;/m1./s1. The van der Waals surface area contributed by atoms with Crippen LogP contribution < -0.4 is 29.3 Å².